The van der Waals surface area contributed by atoms with E-state index in [4.69, 9.17) is 5.21 Å². The third kappa shape index (κ3) is 1.95. The number of anilines is 1. The van der Waals surface area contributed by atoms with Crippen molar-refractivity contribution in [1.29, 1.82) is 0 Å². The minimum atomic E-state index is 0.826. The van der Waals surface area contributed by atoms with Gasteiger partial charge >= 0.3 is 0 Å². The van der Waals surface area contributed by atoms with Gasteiger partial charge in [-0.2, -0.15) is 0 Å². The van der Waals surface area contributed by atoms with Crippen molar-refractivity contribution in [3.8, 4) is 0 Å². The maximum Gasteiger partial charge on any atom is 0.205 e. The molecule has 0 bridgehead atoms. The maximum absolute atomic E-state index is 8.66. The Balaban J connectivity index is 2.07. The predicted molar refractivity (Wildman–Crippen MR) is 58.6 cm³/mol. The normalized spacial score (nSPS) is 16.9. The molecular formula is C10H16N4O. The first-order chi connectivity index (χ1) is 7.35. The number of hydrogen-bond donors (Lipinski definition) is 1. The zero-order valence-electron chi connectivity index (χ0n) is 8.93. The van der Waals surface area contributed by atoms with Crippen LogP contribution < -0.4 is 4.90 Å². The number of aryl methyl sites for hydroxylation is 1. The summed E-state index contributed by atoms with van der Waals surface area (Å²) < 4.78 is 2.13. The topological polar surface area (TPSA) is 53.7 Å². The molecule has 1 fully saturated rings. The molecule has 0 amide bonds. The SMILES string of the molecule is CCn1ccnc1N1CCC(=NO)CC1. The molecular weight excluding hydrogens is 192 g/mol. The van der Waals surface area contributed by atoms with Crippen molar-refractivity contribution in [3.05, 3.63) is 12.4 Å². The summed E-state index contributed by atoms with van der Waals surface area (Å²) >= 11 is 0. The Labute approximate surface area is 89.0 Å². The lowest BCUT2D eigenvalue weighted by Gasteiger charge is -2.28. The molecule has 0 spiro atoms. The third-order valence-corrected chi connectivity index (χ3v) is 2.80. The van der Waals surface area contributed by atoms with Crippen molar-refractivity contribution in [2.24, 2.45) is 5.16 Å². The molecule has 0 aromatic carbocycles. The lowest BCUT2D eigenvalue weighted by atomic mass is 10.1. The summed E-state index contributed by atoms with van der Waals surface area (Å²) in [6.45, 7) is 4.81. The summed E-state index contributed by atoms with van der Waals surface area (Å²) in [4.78, 5) is 6.58. The molecule has 5 heteroatoms. The van der Waals surface area contributed by atoms with E-state index in [1.54, 1.807) is 0 Å². The number of nitrogens with zero attached hydrogens (tertiary/aromatic N) is 4. The average molecular weight is 208 g/mol. The molecule has 15 heavy (non-hydrogen) atoms. The first-order valence-corrected chi connectivity index (χ1v) is 5.31. The zero-order valence-corrected chi connectivity index (χ0v) is 8.93. The van der Waals surface area contributed by atoms with E-state index in [0.717, 1.165) is 44.1 Å². The Morgan fingerprint density at radius 1 is 1.47 bits per heavy atom. The van der Waals surface area contributed by atoms with Gasteiger partial charge in [-0.15, -0.1) is 0 Å². The van der Waals surface area contributed by atoms with Crippen molar-refractivity contribution in [2.45, 2.75) is 26.3 Å². The molecule has 0 aliphatic carbocycles. The fourth-order valence-electron chi connectivity index (χ4n) is 1.90. The number of piperidine rings is 1. The first-order valence-electron chi connectivity index (χ1n) is 5.31. The van der Waals surface area contributed by atoms with E-state index in [-0.39, 0.29) is 0 Å². The van der Waals surface area contributed by atoms with Gasteiger partial charge in [0.15, 0.2) is 0 Å². The number of aromatic nitrogens is 2. The van der Waals surface area contributed by atoms with Gasteiger partial charge in [0.25, 0.3) is 0 Å². The van der Waals surface area contributed by atoms with E-state index in [0.29, 0.717) is 0 Å². The Morgan fingerprint density at radius 2 is 2.20 bits per heavy atom. The van der Waals surface area contributed by atoms with E-state index < -0.39 is 0 Å². The van der Waals surface area contributed by atoms with Crippen molar-refractivity contribution in [2.75, 3.05) is 18.0 Å². The van der Waals surface area contributed by atoms with E-state index in [9.17, 15) is 0 Å². The molecule has 2 heterocycles. The monoisotopic (exact) mass is 208 g/mol. The van der Waals surface area contributed by atoms with Gasteiger partial charge < -0.3 is 14.7 Å². The lowest BCUT2D eigenvalue weighted by molar-refractivity contribution is 0.315. The molecule has 0 unspecified atom stereocenters. The van der Waals surface area contributed by atoms with Crippen LogP contribution in [0.15, 0.2) is 17.5 Å². The highest BCUT2D eigenvalue weighted by molar-refractivity contribution is 5.85. The Kier molecular flexibility index (Phi) is 2.89. The molecule has 1 aliphatic heterocycles. The third-order valence-electron chi connectivity index (χ3n) is 2.80. The zero-order chi connectivity index (χ0) is 10.7. The van der Waals surface area contributed by atoms with Crippen LogP contribution >= 0.6 is 0 Å². The van der Waals surface area contributed by atoms with Gasteiger partial charge in [0.2, 0.25) is 5.95 Å². The van der Waals surface area contributed by atoms with Crippen LogP contribution in [0.25, 0.3) is 0 Å². The maximum atomic E-state index is 8.66. The molecule has 1 aromatic heterocycles. The van der Waals surface area contributed by atoms with Crippen LogP contribution in [0.2, 0.25) is 0 Å². The Bertz CT molecular complexity index is 348. The van der Waals surface area contributed by atoms with E-state index >= 15 is 0 Å². The molecule has 0 saturated carbocycles. The van der Waals surface area contributed by atoms with Crippen LogP contribution in [0.5, 0.6) is 0 Å². The molecule has 1 aliphatic rings. The Hall–Kier alpha value is -1.52. The van der Waals surface area contributed by atoms with E-state index in [1.165, 1.54) is 0 Å². The highest BCUT2D eigenvalue weighted by atomic mass is 16.4. The minimum absolute atomic E-state index is 0.826. The van der Waals surface area contributed by atoms with Gasteiger partial charge in [0, 0.05) is 44.9 Å². The second kappa shape index (κ2) is 4.33. The first kappa shape index (κ1) is 10.0. The van der Waals surface area contributed by atoms with Gasteiger partial charge in [0.05, 0.1) is 5.71 Å². The second-order valence-corrected chi connectivity index (χ2v) is 3.67. The quantitative estimate of drug-likeness (QED) is 0.589. The van der Waals surface area contributed by atoms with Gasteiger partial charge in [-0.3, -0.25) is 0 Å². The van der Waals surface area contributed by atoms with Crippen molar-refractivity contribution < 1.29 is 5.21 Å². The molecule has 2 rings (SSSR count). The summed E-state index contributed by atoms with van der Waals surface area (Å²) in [7, 11) is 0. The van der Waals surface area contributed by atoms with Crippen LogP contribution in [-0.4, -0.2) is 33.6 Å². The van der Waals surface area contributed by atoms with Crippen molar-refractivity contribution >= 4 is 11.7 Å². The molecule has 1 aromatic rings. The molecule has 82 valence electrons. The Morgan fingerprint density at radius 3 is 2.80 bits per heavy atom. The van der Waals surface area contributed by atoms with Gasteiger partial charge in [-0.1, -0.05) is 5.16 Å². The van der Waals surface area contributed by atoms with Gasteiger partial charge in [0.1, 0.15) is 0 Å². The largest absolute Gasteiger partial charge is 0.411 e. The molecule has 0 radical (unpaired) electrons. The van der Waals surface area contributed by atoms with Crippen molar-refractivity contribution in [3.63, 3.8) is 0 Å². The van der Waals surface area contributed by atoms with Crippen LogP contribution in [0.3, 0.4) is 0 Å². The fourth-order valence-corrected chi connectivity index (χ4v) is 1.90. The van der Waals surface area contributed by atoms with Crippen LogP contribution in [0, 0.1) is 0 Å². The van der Waals surface area contributed by atoms with Gasteiger partial charge in [-0.25, -0.2) is 4.98 Å². The average Bonchev–Trinajstić information content (AvgIpc) is 2.77. The number of hydrogen-bond acceptors (Lipinski definition) is 4. The number of rotatable bonds is 2. The summed E-state index contributed by atoms with van der Waals surface area (Å²) in [6, 6.07) is 0. The van der Waals surface area contributed by atoms with Crippen molar-refractivity contribution in [1.82, 2.24) is 9.55 Å². The highest BCUT2D eigenvalue weighted by Crippen LogP contribution is 2.16. The second-order valence-electron chi connectivity index (χ2n) is 3.67. The van der Waals surface area contributed by atoms with Crippen LogP contribution in [0.1, 0.15) is 19.8 Å². The summed E-state index contributed by atoms with van der Waals surface area (Å²) in [6.07, 6.45) is 5.47. The lowest BCUT2D eigenvalue weighted by Crippen LogP contribution is -2.35. The van der Waals surface area contributed by atoms with Crippen LogP contribution in [0.4, 0.5) is 5.95 Å². The standard InChI is InChI=1S/C10H16N4O/c1-2-13-8-5-11-10(13)14-6-3-9(12-15)4-7-14/h5,8,15H,2-4,6-7H2,1H3. The molecule has 5 nitrogen and oxygen atoms in total. The van der Waals surface area contributed by atoms with E-state index in [2.05, 4.69) is 26.5 Å². The molecule has 1 N–H and O–H groups in total. The summed E-state index contributed by atoms with van der Waals surface area (Å²) in [5, 5.41) is 11.9. The van der Waals surface area contributed by atoms with Crippen LogP contribution in [-0.2, 0) is 6.54 Å². The minimum Gasteiger partial charge on any atom is -0.411 e. The number of imidazole rings is 1. The molecule has 1 saturated heterocycles. The molecule has 0 atom stereocenters. The highest BCUT2D eigenvalue weighted by Gasteiger charge is 2.18. The smallest absolute Gasteiger partial charge is 0.205 e. The summed E-state index contributed by atoms with van der Waals surface area (Å²) in [5.41, 5.74) is 0.890. The number of oxime groups is 1. The summed E-state index contributed by atoms with van der Waals surface area (Å²) in [5.74, 6) is 1.02. The predicted octanol–water partition coefficient (Wildman–Crippen LogP) is 1.33. The van der Waals surface area contributed by atoms with Gasteiger partial charge in [-0.05, 0) is 6.92 Å². The van der Waals surface area contributed by atoms with E-state index in [1.807, 2.05) is 12.4 Å². The fraction of sp³-hybridized carbons (Fsp3) is 0.600.